The van der Waals surface area contributed by atoms with Gasteiger partial charge in [-0.15, -0.1) is 0 Å². The molecule has 0 spiro atoms. The van der Waals surface area contributed by atoms with Crippen molar-refractivity contribution in [3.05, 3.63) is 36.0 Å². The second-order valence-electron chi connectivity index (χ2n) is 4.47. The van der Waals surface area contributed by atoms with E-state index in [1.165, 1.54) is 6.42 Å². The van der Waals surface area contributed by atoms with Crippen LogP contribution >= 0.6 is 0 Å². The molecular weight excluding hydrogens is 214 g/mol. The number of nitrogens with zero attached hydrogens (tertiary/aromatic N) is 1. The molecule has 1 fully saturated rings. The Morgan fingerprint density at radius 1 is 1.29 bits per heavy atom. The molecule has 0 amide bonds. The van der Waals surface area contributed by atoms with Crippen molar-refractivity contribution < 1.29 is 9.84 Å². The lowest BCUT2D eigenvalue weighted by atomic mass is 9.96. The van der Waals surface area contributed by atoms with Crippen LogP contribution in [0.2, 0.25) is 0 Å². The lowest BCUT2D eigenvalue weighted by molar-refractivity contribution is 0.116. The van der Waals surface area contributed by atoms with E-state index >= 15 is 0 Å². The molecule has 3 rings (SSSR count). The average molecular weight is 229 g/mol. The van der Waals surface area contributed by atoms with E-state index in [9.17, 15) is 5.11 Å². The minimum absolute atomic E-state index is 0.0497. The molecule has 0 radical (unpaired) electrons. The number of fused-ring (bicyclic) bond motifs is 1. The lowest BCUT2D eigenvalue weighted by Gasteiger charge is -2.26. The van der Waals surface area contributed by atoms with Gasteiger partial charge in [-0.1, -0.05) is 18.2 Å². The predicted octanol–water partition coefficient (Wildman–Crippen LogP) is 2.66. The van der Waals surface area contributed by atoms with Crippen molar-refractivity contribution >= 4 is 10.8 Å². The Hall–Kier alpha value is -1.61. The van der Waals surface area contributed by atoms with Gasteiger partial charge in [0.25, 0.3) is 0 Å². The number of aliphatic hydroxyl groups is 1. The highest BCUT2D eigenvalue weighted by Gasteiger charge is 2.20. The number of benzene rings is 1. The number of aromatic nitrogens is 1. The summed E-state index contributed by atoms with van der Waals surface area (Å²) in [4.78, 5) is 4.37. The van der Waals surface area contributed by atoms with Gasteiger partial charge in [-0.05, 0) is 36.8 Å². The van der Waals surface area contributed by atoms with E-state index in [0.717, 1.165) is 23.6 Å². The van der Waals surface area contributed by atoms with E-state index in [0.29, 0.717) is 17.7 Å². The molecule has 1 aliphatic rings. The molecular formula is C14H15NO2. The quantitative estimate of drug-likeness (QED) is 0.879. The minimum Gasteiger partial charge on any atom is -0.474 e. The molecule has 1 N–H and O–H groups in total. The van der Waals surface area contributed by atoms with Crippen LogP contribution in [0, 0.1) is 0 Å². The highest BCUT2D eigenvalue weighted by molar-refractivity contribution is 5.87. The number of hydrogen-bond donors (Lipinski definition) is 1. The fraction of sp³-hybridized carbons (Fsp3) is 0.357. The van der Waals surface area contributed by atoms with Crippen molar-refractivity contribution in [2.45, 2.75) is 32.0 Å². The summed E-state index contributed by atoms with van der Waals surface area (Å²) in [6.45, 7) is -0.0497. The molecule has 0 saturated heterocycles. The first-order valence-corrected chi connectivity index (χ1v) is 6.03. The number of aliphatic hydroxyl groups excluding tert-OH is 1. The molecule has 2 aromatic rings. The van der Waals surface area contributed by atoms with Gasteiger partial charge in [-0.25, -0.2) is 4.98 Å². The molecule has 17 heavy (non-hydrogen) atoms. The molecule has 1 heterocycles. The fourth-order valence-corrected chi connectivity index (χ4v) is 2.04. The van der Waals surface area contributed by atoms with Crippen molar-refractivity contribution in [3.8, 4) is 5.88 Å². The summed E-state index contributed by atoms with van der Waals surface area (Å²) in [7, 11) is 0. The van der Waals surface area contributed by atoms with Gasteiger partial charge in [0.2, 0.25) is 5.88 Å². The molecule has 3 nitrogen and oxygen atoms in total. The van der Waals surface area contributed by atoms with Crippen molar-refractivity contribution in [2.24, 2.45) is 0 Å². The second-order valence-corrected chi connectivity index (χ2v) is 4.47. The van der Waals surface area contributed by atoms with Crippen LogP contribution < -0.4 is 4.74 Å². The van der Waals surface area contributed by atoms with Crippen LogP contribution in [0.4, 0.5) is 0 Å². The monoisotopic (exact) mass is 229 g/mol. The summed E-state index contributed by atoms with van der Waals surface area (Å²) in [5, 5.41) is 11.3. The van der Waals surface area contributed by atoms with E-state index in [1.807, 2.05) is 30.3 Å². The Morgan fingerprint density at radius 3 is 2.82 bits per heavy atom. The summed E-state index contributed by atoms with van der Waals surface area (Å²) >= 11 is 0. The Balaban J connectivity index is 2.05. The van der Waals surface area contributed by atoms with E-state index in [1.54, 1.807) is 0 Å². The smallest absolute Gasteiger partial charge is 0.221 e. The molecule has 1 saturated carbocycles. The highest BCUT2D eigenvalue weighted by Crippen LogP contribution is 2.29. The normalized spacial score (nSPS) is 15.8. The summed E-state index contributed by atoms with van der Waals surface area (Å²) in [6.07, 6.45) is 3.76. The maximum absolute atomic E-state index is 9.21. The van der Waals surface area contributed by atoms with Gasteiger partial charge < -0.3 is 9.84 Å². The Kier molecular flexibility index (Phi) is 2.69. The molecule has 1 aliphatic carbocycles. The van der Waals surface area contributed by atoms with Crippen molar-refractivity contribution in [2.75, 3.05) is 0 Å². The zero-order chi connectivity index (χ0) is 11.7. The van der Waals surface area contributed by atoms with Gasteiger partial charge in [0.05, 0.1) is 12.3 Å². The third kappa shape index (κ3) is 1.98. The van der Waals surface area contributed by atoms with Gasteiger partial charge in [-0.3, -0.25) is 0 Å². The van der Waals surface area contributed by atoms with Gasteiger partial charge in [-0.2, -0.15) is 0 Å². The van der Waals surface area contributed by atoms with E-state index in [-0.39, 0.29) is 6.61 Å². The molecule has 1 aromatic carbocycles. The third-order valence-corrected chi connectivity index (χ3v) is 3.25. The van der Waals surface area contributed by atoms with E-state index in [2.05, 4.69) is 4.98 Å². The van der Waals surface area contributed by atoms with Crippen LogP contribution in [0.5, 0.6) is 5.88 Å². The standard InChI is InChI=1S/C14H15NO2/c16-9-11-8-10-4-1-2-7-13(10)14(15-11)17-12-5-3-6-12/h1-2,4,7-8,12,16H,3,5-6,9H2. The van der Waals surface area contributed by atoms with E-state index < -0.39 is 0 Å². The summed E-state index contributed by atoms with van der Waals surface area (Å²) < 4.78 is 5.88. The Labute approximate surface area is 100 Å². The van der Waals surface area contributed by atoms with Crippen LogP contribution in [0.15, 0.2) is 30.3 Å². The lowest BCUT2D eigenvalue weighted by Crippen LogP contribution is -2.25. The number of rotatable bonds is 3. The zero-order valence-corrected chi connectivity index (χ0v) is 9.60. The first kappa shape index (κ1) is 10.5. The SMILES string of the molecule is OCc1cc2ccccc2c(OC2CCC2)n1. The maximum Gasteiger partial charge on any atom is 0.221 e. The summed E-state index contributed by atoms with van der Waals surface area (Å²) in [5.41, 5.74) is 0.665. The number of hydrogen-bond acceptors (Lipinski definition) is 3. The first-order chi connectivity index (χ1) is 8.36. The van der Waals surface area contributed by atoms with Crippen molar-refractivity contribution in [3.63, 3.8) is 0 Å². The zero-order valence-electron chi connectivity index (χ0n) is 9.60. The largest absolute Gasteiger partial charge is 0.474 e. The topological polar surface area (TPSA) is 42.4 Å². The Bertz CT molecular complexity index is 535. The maximum atomic E-state index is 9.21. The van der Waals surface area contributed by atoms with Crippen LogP contribution in [0.25, 0.3) is 10.8 Å². The van der Waals surface area contributed by atoms with Gasteiger partial charge in [0.1, 0.15) is 6.10 Å². The molecule has 0 atom stereocenters. The number of ether oxygens (including phenoxy) is 1. The van der Waals surface area contributed by atoms with Crippen LogP contribution in [-0.2, 0) is 6.61 Å². The van der Waals surface area contributed by atoms with Crippen LogP contribution in [-0.4, -0.2) is 16.2 Å². The molecule has 0 aliphatic heterocycles. The van der Waals surface area contributed by atoms with Crippen molar-refractivity contribution in [1.29, 1.82) is 0 Å². The third-order valence-electron chi connectivity index (χ3n) is 3.25. The van der Waals surface area contributed by atoms with E-state index in [4.69, 9.17) is 4.74 Å². The van der Waals surface area contributed by atoms with Gasteiger partial charge in [0, 0.05) is 5.39 Å². The minimum atomic E-state index is -0.0497. The van der Waals surface area contributed by atoms with Gasteiger partial charge in [0.15, 0.2) is 0 Å². The highest BCUT2D eigenvalue weighted by atomic mass is 16.5. The second kappa shape index (κ2) is 4.34. The predicted molar refractivity (Wildman–Crippen MR) is 65.9 cm³/mol. The van der Waals surface area contributed by atoms with Gasteiger partial charge >= 0.3 is 0 Å². The molecule has 0 unspecified atom stereocenters. The molecule has 0 bridgehead atoms. The average Bonchev–Trinajstić information content (AvgIpc) is 2.33. The summed E-state index contributed by atoms with van der Waals surface area (Å²) in [5.74, 6) is 0.664. The number of pyridine rings is 1. The van der Waals surface area contributed by atoms with Crippen LogP contribution in [0.1, 0.15) is 25.0 Å². The molecule has 3 heteroatoms. The molecule has 1 aromatic heterocycles. The summed E-state index contributed by atoms with van der Waals surface area (Å²) in [6, 6.07) is 9.90. The Morgan fingerprint density at radius 2 is 2.12 bits per heavy atom. The van der Waals surface area contributed by atoms with Crippen LogP contribution in [0.3, 0.4) is 0 Å². The van der Waals surface area contributed by atoms with Crippen molar-refractivity contribution in [1.82, 2.24) is 4.98 Å². The fourth-order valence-electron chi connectivity index (χ4n) is 2.04. The first-order valence-electron chi connectivity index (χ1n) is 6.03. The molecule has 88 valence electrons.